The fraction of sp³-hybridized carbons (Fsp3) is 0.889. The van der Waals surface area contributed by atoms with Crippen molar-refractivity contribution in [2.24, 2.45) is 5.92 Å². The van der Waals surface area contributed by atoms with Crippen LogP contribution in [0.25, 0.3) is 0 Å². The van der Waals surface area contributed by atoms with Crippen LogP contribution in [0.15, 0.2) is 0 Å². The first kappa shape index (κ1) is 16.5. The van der Waals surface area contributed by atoms with Gasteiger partial charge >= 0.3 is 0 Å². The summed E-state index contributed by atoms with van der Waals surface area (Å²) in [5.74, 6) is 3.78. The van der Waals surface area contributed by atoms with Crippen molar-refractivity contribution in [1.82, 2.24) is 25.0 Å². The van der Waals surface area contributed by atoms with Gasteiger partial charge in [0, 0.05) is 32.2 Å². The summed E-state index contributed by atoms with van der Waals surface area (Å²) in [5, 5.41) is 12.3. The Bertz CT molecular complexity index is 538. The molecule has 24 heavy (non-hydrogen) atoms. The first-order valence-corrected chi connectivity index (χ1v) is 9.80. The third-order valence-electron chi connectivity index (χ3n) is 6.05. The normalized spacial score (nSPS) is 29.5. The van der Waals surface area contributed by atoms with Gasteiger partial charge in [-0.3, -0.25) is 0 Å². The van der Waals surface area contributed by atoms with Gasteiger partial charge in [0.1, 0.15) is 11.6 Å². The molecule has 1 aromatic heterocycles. The average molecular weight is 333 g/mol. The maximum Gasteiger partial charge on any atom is 0.147 e. The first-order valence-electron chi connectivity index (χ1n) is 9.80. The topological polar surface area (TPSA) is 55.2 Å². The molecule has 0 aromatic carbocycles. The first-order chi connectivity index (χ1) is 11.8. The smallest absolute Gasteiger partial charge is 0.147 e. The zero-order chi connectivity index (χ0) is 16.4. The summed E-state index contributed by atoms with van der Waals surface area (Å²) in [5.41, 5.74) is 0. The van der Waals surface area contributed by atoms with E-state index in [-0.39, 0.29) is 0 Å². The van der Waals surface area contributed by atoms with Crippen molar-refractivity contribution in [3.63, 3.8) is 0 Å². The zero-order valence-corrected chi connectivity index (χ0v) is 14.9. The van der Waals surface area contributed by atoms with Gasteiger partial charge in [0.15, 0.2) is 0 Å². The molecule has 4 rings (SSSR count). The van der Waals surface area contributed by atoms with Crippen molar-refractivity contribution in [3.05, 3.63) is 11.6 Å². The second kappa shape index (κ2) is 7.50. The predicted octanol–water partition coefficient (Wildman–Crippen LogP) is 1.77. The monoisotopic (exact) mass is 333 g/mol. The number of ether oxygens (including phenoxy) is 1. The standard InChI is InChI=1S/C18H31N5O/c1-2-16-11-14(5-10-24-16)13-22-7-3-15(4-8-22)18-21-20-17-12-19-6-9-23(17)18/h14-16,19H,2-13H2,1H3. The molecule has 2 saturated heterocycles. The number of hydrogen-bond donors (Lipinski definition) is 1. The molecule has 0 amide bonds. The number of nitrogens with zero attached hydrogens (tertiary/aromatic N) is 4. The van der Waals surface area contributed by atoms with E-state index in [1.165, 1.54) is 51.1 Å². The van der Waals surface area contributed by atoms with Crippen LogP contribution in [-0.2, 0) is 17.8 Å². The number of hydrogen-bond acceptors (Lipinski definition) is 5. The molecular formula is C18H31N5O. The third-order valence-corrected chi connectivity index (χ3v) is 6.05. The van der Waals surface area contributed by atoms with Crippen LogP contribution in [-0.4, -0.2) is 58.6 Å². The van der Waals surface area contributed by atoms with Crippen molar-refractivity contribution in [2.45, 2.75) is 64.1 Å². The molecule has 3 aliphatic rings. The molecule has 3 aliphatic heterocycles. The number of rotatable bonds is 4. The lowest BCUT2D eigenvalue weighted by Crippen LogP contribution is -2.40. The molecule has 0 radical (unpaired) electrons. The Balaban J connectivity index is 1.30. The molecule has 4 heterocycles. The molecule has 6 heteroatoms. The molecule has 2 atom stereocenters. The number of fused-ring (bicyclic) bond motifs is 1. The van der Waals surface area contributed by atoms with Gasteiger partial charge in [-0.25, -0.2) is 0 Å². The minimum Gasteiger partial charge on any atom is -0.378 e. The average Bonchev–Trinajstić information content (AvgIpc) is 3.07. The minimum atomic E-state index is 0.498. The van der Waals surface area contributed by atoms with Crippen molar-refractivity contribution >= 4 is 0 Å². The van der Waals surface area contributed by atoms with Crippen LogP contribution < -0.4 is 5.32 Å². The predicted molar refractivity (Wildman–Crippen MR) is 92.9 cm³/mol. The molecule has 1 N–H and O–H groups in total. The summed E-state index contributed by atoms with van der Waals surface area (Å²) in [4.78, 5) is 2.67. The van der Waals surface area contributed by atoms with Crippen LogP contribution >= 0.6 is 0 Å². The summed E-state index contributed by atoms with van der Waals surface area (Å²) in [6.45, 7) is 9.81. The molecule has 2 fully saturated rings. The lowest BCUT2D eigenvalue weighted by molar-refractivity contribution is -0.0191. The van der Waals surface area contributed by atoms with Gasteiger partial charge in [0.05, 0.1) is 12.6 Å². The van der Waals surface area contributed by atoms with Crippen LogP contribution in [0.3, 0.4) is 0 Å². The molecule has 0 spiro atoms. The highest BCUT2D eigenvalue weighted by Crippen LogP contribution is 2.30. The van der Waals surface area contributed by atoms with Crippen molar-refractivity contribution in [2.75, 3.05) is 32.8 Å². The summed E-state index contributed by atoms with van der Waals surface area (Å²) in [6, 6.07) is 0. The summed E-state index contributed by atoms with van der Waals surface area (Å²) in [7, 11) is 0. The Labute approximate surface area is 145 Å². The van der Waals surface area contributed by atoms with E-state index >= 15 is 0 Å². The van der Waals surface area contributed by atoms with E-state index < -0.39 is 0 Å². The van der Waals surface area contributed by atoms with E-state index in [1.54, 1.807) is 0 Å². The Hall–Kier alpha value is -0.980. The van der Waals surface area contributed by atoms with E-state index in [9.17, 15) is 0 Å². The molecule has 0 aliphatic carbocycles. The van der Waals surface area contributed by atoms with E-state index in [4.69, 9.17) is 4.74 Å². The Kier molecular flexibility index (Phi) is 5.15. The lowest BCUT2D eigenvalue weighted by atomic mass is 9.91. The van der Waals surface area contributed by atoms with Crippen LogP contribution in [0.4, 0.5) is 0 Å². The molecule has 0 saturated carbocycles. The Morgan fingerprint density at radius 2 is 2.04 bits per heavy atom. The molecular weight excluding hydrogens is 302 g/mol. The number of nitrogens with one attached hydrogen (secondary N) is 1. The van der Waals surface area contributed by atoms with Gasteiger partial charge in [0.25, 0.3) is 0 Å². The summed E-state index contributed by atoms with van der Waals surface area (Å²) in [6.07, 6.45) is 6.60. The highest BCUT2D eigenvalue weighted by molar-refractivity contribution is 5.05. The van der Waals surface area contributed by atoms with Crippen LogP contribution in [0.2, 0.25) is 0 Å². The lowest BCUT2D eigenvalue weighted by Gasteiger charge is -2.36. The van der Waals surface area contributed by atoms with Crippen molar-refractivity contribution in [1.29, 1.82) is 0 Å². The maximum absolute atomic E-state index is 5.82. The zero-order valence-electron chi connectivity index (χ0n) is 14.9. The minimum absolute atomic E-state index is 0.498. The van der Waals surface area contributed by atoms with Gasteiger partial charge < -0.3 is 19.5 Å². The van der Waals surface area contributed by atoms with Gasteiger partial charge in [-0.1, -0.05) is 6.92 Å². The van der Waals surface area contributed by atoms with E-state index in [0.29, 0.717) is 12.0 Å². The highest BCUT2D eigenvalue weighted by Gasteiger charge is 2.29. The summed E-state index contributed by atoms with van der Waals surface area (Å²) >= 11 is 0. The highest BCUT2D eigenvalue weighted by atomic mass is 16.5. The number of aromatic nitrogens is 3. The van der Waals surface area contributed by atoms with Gasteiger partial charge in [-0.15, -0.1) is 10.2 Å². The molecule has 134 valence electrons. The maximum atomic E-state index is 5.82. The Morgan fingerprint density at radius 1 is 1.17 bits per heavy atom. The second-order valence-corrected chi connectivity index (χ2v) is 7.67. The molecule has 0 bridgehead atoms. The molecule has 6 nitrogen and oxygen atoms in total. The Morgan fingerprint density at radius 3 is 2.88 bits per heavy atom. The quantitative estimate of drug-likeness (QED) is 0.910. The van der Waals surface area contributed by atoms with Crippen molar-refractivity contribution < 1.29 is 4.74 Å². The fourth-order valence-corrected chi connectivity index (χ4v) is 4.56. The van der Waals surface area contributed by atoms with Crippen LogP contribution in [0, 0.1) is 5.92 Å². The van der Waals surface area contributed by atoms with Crippen LogP contribution in [0.1, 0.15) is 56.6 Å². The SMILES string of the molecule is CCC1CC(CN2CCC(c3nnc4n3CCNC4)CC2)CCO1. The third kappa shape index (κ3) is 3.51. The number of piperidine rings is 1. The molecule has 2 unspecified atom stereocenters. The summed E-state index contributed by atoms with van der Waals surface area (Å²) < 4.78 is 8.19. The van der Waals surface area contributed by atoms with E-state index in [0.717, 1.165) is 44.4 Å². The van der Waals surface area contributed by atoms with Gasteiger partial charge in [-0.2, -0.15) is 0 Å². The van der Waals surface area contributed by atoms with Gasteiger partial charge in [-0.05, 0) is 51.1 Å². The van der Waals surface area contributed by atoms with Gasteiger partial charge in [0.2, 0.25) is 0 Å². The van der Waals surface area contributed by atoms with E-state index in [1.807, 2.05) is 0 Å². The molecule has 1 aromatic rings. The largest absolute Gasteiger partial charge is 0.378 e. The number of likely N-dealkylation sites (tertiary alicyclic amines) is 1. The second-order valence-electron chi connectivity index (χ2n) is 7.67. The van der Waals surface area contributed by atoms with E-state index in [2.05, 4.69) is 31.9 Å². The fourth-order valence-electron chi connectivity index (χ4n) is 4.56. The van der Waals surface area contributed by atoms with Crippen molar-refractivity contribution in [3.8, 4) is 0 Å². The van der Waals surface area contributed by atoms with Crippen LogP contribution in [0.5, 0.6) is 0 Å².